The first-order valence-electron chi connectivity index (χ1n) is 7.33. The number of hydrogen-bond acceptors (Lipinski definition) is 2. The van der Waals surface area contributed by atoms with E-state index in [9.17, 15) is 0 Å². The Balaban J connectivity index is 2.27. The van der Waals surface area contributed by atoms with Crippen LogP contribution in [-0.4, -0.2) is 13.2 Å². The molecular weight excluding hydrogens is 234 g/mol. The van der Waals surface area contributed by atoms with Gasteiger partial charge in [-0.15, -0.1) is 0 Å². The van der Waals surface area contributed by atoms with Crippen molar-refractivity contribution < 1.29 is 4.74 Å². The molecule has 1 aromatic carbocycles. The summed E-state index contributed by atoms with van der Waals surface area (Å²) < 4.78 is 5.70. The fourth-order valence-electron chi connectivity index (χ4n) is 2.64. The van der Waals surface area contributed by atoms with Crippen LogP contribution in [0.25, 0.3) is 0 Å². The quantitative estimate of drug-likeness (QED) is 0.886. The van der Waals surface area contributed by atoms with E-state index in [0.717, 1.165) is 12.3 Å². The maximum atomic E-state index is 5.70. The average Bonchev–Trinajstić information content (AvgIpc) is 2.25. The van der Waals surface area contributed by atoms with Gasteiger partial charge in [0.2, 0.25) is 0 Å². The van der Waals surface area contributed by atoms with Crippen molar-refractivity contribution in [2.75, 3.05) is 7.11 Å². The van der Waals surface area contributed by atoms with Gasteiger partial charge in [-0.1, -0.05) is 44.9 Å². The molecule has 1 aliphatic rings. The Morgan fingerprint density at radius 1 is 1.26 bits per heavy atom. The third-order valence-electron chi connectivity index (χ3n) is 4.01. The molecule has 0 aliphatic heterocycles. The fraction of sp³-hybridized carbons (Fsp3) is 0.647. The van der Waals surface area contributed by atoms with Gasteiger partial charge in [0.05, 0.1) is 7.11 Å². The number of rotatable bonds is 4. The molecule has 0 bridgehead atoms. The van der Waals surface area contributed by atoms with Crippen LogP contribution >= 0.6 is 0 Å². The van der Waals surface area contributed by atoms with Gasteiger partial charge >= 0.3 is 0 Å². The Hall–Kier alpha value is -1.02. The number of ether oxygens (including phenoxy) is 1. The van der Waals surface area contributed by atoms with E-state index in [1.165, 1.54) is 36.0 Å². The van der Waals surface area contributed by atoms with E-state index in [1.807, 2.05) is 0 Å². The highest BCUT2D eigenvalue weighted by atomic mass is 16.5. The smallest absolute Gasteiger partial charge is 0.127 e. The first kappa shape index (κ1) is 14.4. The van der Waals surface area contributed by atoms with E-state index in [1.54, 1.807) is 7.11 Å². The molecule has 0 aromatic heterocycles. The molecule has 0 amide bonds. The summed E-state index contributed by atoms with van der Waals surface area (Å²) in [6, 6.07) is 5.22. The predicted molar refractivity (Wildman–Crippen MR) is 80.9 cm³/mol. The van der Waals surface area contributed by atoms with Crippen molar-refractivity contribution in [1.82, 2.24) is 5.32 Å². The number of hydrogen-bond donors (Lipinski definition) is 1. The van der Waals surface area contributed by atoms with Gasteiger partial charge in [0, 0.05) is 23.7 Å². The van der Waals surface area contributed by atoms with Gasteiger partial charge < -0.3 is 10.1 Å². The van der Waals surface area contributed by atoms with Gasteiger partial charge in [0.25, 0.3) is 0 Å². The zero-order valence-electron chi connectivity index (χ0n) is 13.0. The summed E-state index contributed by atoms with van der Waals surface area (Å²) >= 11 is 0. The molecular formula is C17H27NO. The van der Waals surface area contributed by atoms with E-state index >= 15 is 0 Å². The number of benzene rings is 1. The fourth-order valence-corrected chi connectivity index (χ4v) is 2.64. The van der Waals surface area contributed by atoms with Crippen molar-refractivity contribution in [3.63, 3.8) is 0 Å². The van der Waals surface area contributed by atoms with Crippen LogP contribution in [0.4, 0.5) is 0 Å². The molecule has 2 nitrogen and oxygen atoms in total. The summed E-state index contributed by atoms with van der Waals surface area (Å²) in [4.78, 5) is 0. The highest BCUT2D eigenvalue weighted by Gasteiger charge is 2.23. The van der Waals surface area contributed by atoms with Gasteiger partial charge in [-0.05, 0) is 25.2 Å². The topological polar surface area (TPSA) is 21.3 Å². The van der Waals surface area contributed by atoms with Crippen molar-refractivity contribution >= 4 is 0 Å². The highest BCUT2D eigenvalue weighted by molar-refractivity contribution is 5.47. The zero-order valence-corrected chi connectivity index (χ0v) is 13.0. The van der Waals surface area contributed by atoms with Crippen LogP contribution in [0.15, 0.2) is 12.1 Å². The second kappa shape index (κ2) is 5.54. The van der Waals surface area contributed by atoms with E-state index in [-0.39, 0.29) is 5.41 Å². The van der Waals surface area contributed by atoms with Gasteiger partial charge in [0.1, 0.15) is 5.75 Å². The third-order valence-corrected chi connectivity index (χ3v) is 4.01. The zero-order chi connectivity index (χ0) is 14.0. The first-order valence-corrected chi connectivity index (χ1v) is 7.33. The lowest BCUT2D eigenvalue weighted by atomic mass is 9.84. The normalized spacial score (nSPS) is 16.3. The standard InChI is InChI=1S/C17H27NO/c1-12-9-13(11-18-14-7-6-8-14)16(19-5)15(10-12)17(2,3)4/h9-10,14,18H,6-8,11H2,1-5H3. The lowest BCUT2D eigenvalue weighted by Gasteiger charge is -2.28. The molecule has 1 aliphatic carbocycles. The van der Waals surface area contributed by atoms with Crippen LogP contribution in [0.2, 0.25) is 0 Å². The molecule has 1 N–H and O–H groups in total. The summed E-state index contributed by atoms with van der Waals surface area (Å²) in [7, 11) is 1.78. The summed E-state index contributed by atoms with van der Waals surface area (Å²) in [5.74, 6) is 1.06. The molecule has 0 radical (unpaired) electrons. The van der Waals surface area contributed by atoms with Crippen LogP contribution in [0, 0.1) is 6.92 Å². The van der Waals surface area contributed by atoms with Crippen LogP contribution in [0.3, 0.4) is 0 Å². The summed E-state index contributed by atoms with van der Waals surface area (Å²) in [5, 5.41) is 3.64. The molecule has 0 saturated heterocycles. The van der Waals surface area contributed by atoms with Crippen LogP contribution < -0.4 is 10.1 Å². The maximum absolute atomic E-state index is 5.70. The lowest BCUT2D eigenvalue weighted by Crippen LogP contribution is -2.34. The van der Waals surface area contributed by atoms with Gasteiger partial charge in [-0.2, -0.15) is 0 Å². The van der Waals surface area contributed by atoms with Crippen molar-refractivity contribution in [2.24, 2.45) is 0 Å². The Morgan fingerprint density at radius 2 is 1.95 bits per heavy atom. The molecule has 1 saturated carbocycles. The molecule has 0 unspecified atom stereocenters. The third kappa shape index (κ3) is 3.30. The van der Waals surface area contributed by atoms with E-state index < -0.39 is 0 Å². The Kier molecular flexibility index (Phi) is 4.19. The molecule has 1 aromatic rings. The molecule has 106 valence electrons. The molecule has 0 spiro atoms. The van der Waals surface area contributed by atoms with Crippen LogP contribution in [0.5, 0.6) is 5.75 Å². The lowest BCUT2D eigenvalue weighted by molar-refractivity contribution is 0.333. The molecule has 19 heavy (non-hydrogen) atoms. The minimum atomic E-state index is 0.114. The van der Waals surface area contributed by atoms with Gasteiger partial charge in [0.15, 0.2) is 0 Å². The summed E-state index contributed by atoms with van der Waals surface area (Å²) in [5.41, 5.74) is 4.03. The van der Waals surface area contributed by atoms with Crippen LogP contribution in [-0.2, 0) is 12.0 Å². The Bertz CT molecular complexity index is 441. The molecule has 2 rings (SSSR count). The maximum Gasteiger partial charge on any atom is 0.127 e. The Morgan fingerprint density at radius 3 is 2.42 bits per heavy atom. The number of nitrogens with one attached hydrogen (secondary N) is 1. The molecule has 0 heterocycles. The average molecular weight is 261 g/mol. The largest absolute Gasteiger partial charge is 0.496 e. The van der Waals surface area contributed by atoms with Gasteiger partial charge in [-0.3, -0.25) is 0 Å². The van der Waals surface area contributed by atoms with E-state index in [0.29, 0.717) is 6.04 Å². The minimum Gasteiger partial charge on any atom is -0.496 e. The van der Waals surface area contributed by atoms with E-state index in [4.69, 9.17) is 4.74 Å². The second-order valence-corrected chi connectivity index (χ2v) is 6.76. The van der Waals surface area contributed by atoms with Crippen molar-refractivity contribution in [2.45, 2.75) is 65.0 Å². The Labute approximate surface area is 117 Å². The predicted octanol–water partition coefficient (Wildman–Crippen LogP) is 3.94. The minimum absolute atomic E-state index is 0.114. The molecule has 0 atom stereocenters. The van der Waals surface area contributed by atoms with Gasteiger partial charge in [-0.25, -0.2) is 0 Å². The monoisotopic (exact) mass is 261 g/mol. The van der Waals surface area contributed by atoms with Crippen molar-refractivity contribution in [3.8, 4) is 5.75 Å². The second-order valence-electron chi connectivity index (χ2n) is 6.76. The van der Waals surface area contributed by atoms with Crippen molar-refractivity contribution in [1.29, 1.82) is 0 Å². The number of methoxy groups -OCH3 is 1. The summed E-state index contributed by atoms with van der Waals surface area (Å²) in [6.45, 7) is 9.81. The van der Waals surface area contributed by atoms with E-state index in [2.05, 4.69) is 45.1 Å². The first-order chi connectivity index (χ1) is 8.91. The highest BCUT2D eigenvalue weighted by Crippen LogP contribution is 2.35. The SMILES string of the molecule is COc1c(CNC2CCC2)cc(C)cc1C(C)(C)C. The van der Waals surface area contributed by atoms with Crippen LogP contribution in [0.1, 0.15) is 56.7 Å². The molecule has 2 heteroatoms. The molecule has 1 fully saturated rings. The number of aryl methyl sites for hydroxylation is 1. The summed E-state index contributed by atoms with van der Waals surface area (Å²) in [6.07, 6.45) is 4.01. The van der Waals surface area contributed by atoms with Crippen molar-refractivity contribution in [3.05, 3.63) is 28.8 Å².